The average Bonchev–Trinajstić information content (AvgIpc) is 1.42. The van der Waals surface area contributed by atoms with Crippen LogP contribution in [0.4, 0.5) is 0 Å². The summed E-state index contributed by atoms with van der Waals surface area (Å²) in [5.74, 6) is -10.2. The molecule has 2 fully saturated rings. The lowest BCUT2D eigenvalue weighted by molar-refractivity contribution is -0.173. The molecule has 1 saturated carbocycles. The van der Waals surface area contributed by atoms with E-state index in [4.69, 9.17) is 5.73 Å². The highest BCUT2D eigenvalue weighted by Crippen LogP contribution is 2.30. The molecule has 4 rings (SSSR count). The fraction of sp³-hybridized carbons (Fsp3) is 0.683. The average molecular weight is 1300 g/mol. The molecule has 2 aliphatic rings. The second kappa shape index (κ2) is 37.0. The highest BCUT2D eigenvalue weighted by atomic mass is 16.4. The molecule has 514 valence electrons. The summed E-state index contributed by atoms with van der Waals surface area (Å²) in [6.45, 7) is 11.1. The Morgan fingerprint density at radius 3 is 1.91 bits per heavy atom. The van der Waals surface area contributed by atoms with Gasteiger partial charge in [-0.3, -0.25) is 57.4 Å². The number of aliphatic carboxylic acids is 1. The maximum atomic E-state index is 14.6. The number of aliphatic hydroxyl groups excluding tert-OH is 4. The number of aromatic nitrogens is 3. The van der Waals surface area contributed by atoms with Crippen molar-refractivity contribution in [2.75, 3.05) is 26.2 Å². The normalized spacial score (nSPS) is 20.6. The number of nitrogens with zero attached hydrogens (tertiary/aromatic N) is 4. The monoisotopic (exact) mass is 1300 g/mol. The summed E-state index contributed by atoms with van der Waals surface area (Å²) < 4.78 is 1.40. The van der Waals surface area contributed by atoms with Crippen LogP contribution in [-0.4, -0.2) is 219 Å². The second-order valence-electron chi connectivity index (χ2n) is 24.6. The van der Waals surface area contributed by atoms with Crippen molar-refractivity contribution in [2.45, 2.75) is 217 Å². The second-order valence-corrected chi connectivity index (χ2v) is 24.6. The first-order chi connectivity index (χ1) is 43.4. The van der Waals surface area contributed by atoms with E-state index in [0.717, 1.165) is 0 Å². The van der Waals surface area contributed by atoms with Gasteiger partial charge in [0, 0.05) is 52.2 Å². The van der Waals surface area contributed by atoms with Crippen LogP contribution >= 0.6 is 0 Å². The lowest BCUT2D eigenvalue weighted by Gasteiger charge is -2.39. The number of hydrogen-bond acceptors (Lipinski definition) is 20. The Morgan fingerprint density at radius 2 is 1.32 bits per heavy atom. The largest absolute Gasteiger partial charge is 0.508 e. The van der Waals surface area contributed by atoms with Gasteiger partial charge in [0.05, 0.1) is 31.6 Å². The van der Waals surface area contributed by atoms with E-state index < -0.39 is 175 Å². The van der Waals surface area contributed by atoms with Gasteiger partial charge in [0.2, 0.25) is 53.2 Å². The molecule has 18 N–H and O–H groups in total. The van der Waals surface area contributed by atoms with Crippen LogP contribution in [0.2, 0.25) is 0 Å². The number of carbonyl (C=O) groups excluding carboxylic acids is 10. The number of aromatic hydroxyl groups is 1. The lowest BCUT2D eigenvalue weighted by atomic mass is 9.79. The zero-order chi connectivity index (χ0) is 68.6. The van der Waals surface area contributed by atoms with Gasteiger partial charge in [-0.2, -0.15) is 0 Å². The quantitative estimate of drug-likeness (QED) is 0.0288. The van der Waals surface area contributed by atoms with Crippen molar-refractivity contribution in [2.24, 2.45) is 23.5 Å². The Morgan fingerprint density at radius 1 is 0.717 bits per heavy atom. The van der Waals surface area contributed by atoms with Crippen LogP contribution in [-0.2, 0) is 72.3 Å². The summed E-state index contributed by atoms with van der Waals surface area (Å²) >= 11 is 0. The summed E-state index contributed by atoms with van der Waals surface area (Å²) in [6.07, 6.45) is -3.23. The highest BCUT2D eigenvalue weighted by Gasteiger charge is 2.48. The standard InChI is InChI=1S/C60H96N14O18/c1-8-34(6)49(64-35(7)76)57(89)67-41(25-32(2)3)53(85)65-39(13-9-10-21-61)52(84)66-40(19-20-47(80)81)58(90)74-24-11-14-44(74)55(87)70-48(33(4)5)56(88)68-42(26-36-15-17-38(77)18-16-36)54(86)69-43(31-75)51(83)62-22-12-23-73-30-37(71-72-73)29-63-59(91)60(92)27-45(78)50(82)46(79)28-60/h15-18,30,32-34,39-46,48-50,75,77-79,82,92H,8-14,19-29,31,61H2,1-7H3,(H,62,83)(H,63,91)(H,64,76)(H,65,85)(H,66,84)(H,67,89)(H,68,88)(H,69,86)(H,70,87)(H,80,81)/t34-,39-,40-,41-,42-,43-,44-,45+,46+,48-,49-,50?,60?/m0/s1. The summed E-state index contributed by atoms with van der Waals surface area (Å²) in [5, 5.41) is 102. The van der Waals surface area contributed by atoms with Crippen LogP contribution in [0.15, 0.2) is 30.5 Å². The molecule has 2 heterocycles. The molecule has 1 aliphatic carbocycles. The molecule has 92 heavy (non-hydrogen) atoms. The number of rotatable bonds is 37. The first-order valence-corrected chi connectivity index (χ1v) is 31.3. The van der Waals surface area contributed by atoms with Gasteiger partial charge in [-0.1, -0.05) is 65.3 Å². The van der Waals surface area contributed by atoms with E-state index in [9.17, 15) is 88.5 Å². The number of aliphatic hydroxyl groups is 5. The van der Waals surface area contributed by atoms with Gasteiger partial charge in [0.15, 0.2) is 0 Å². The number of carboxylic acid groups (broad SMARTS) is 1. The zero-order valence-electron chi connectivity index (χ0n) is 53.4. The lowest BCUT2D eigenvalue weighted by Crippen LogP contribution is -2.61. The minimum absolute atomic E-state index is 0.00714. The number of nitrogens with one attached hydrogen (secondary N) is 9. The Hall–Kier alpha value is -7.91. The fourth-order valence-electron chi connectivity index (χ4n) is 10.7. The SMILES string of the molecule is CC[C@H](C)[C@H](NC(C)=O)C(=O)N[C@@H](CC(C)C)C(=O)N[C@@H](CCCCN)C(=O)N[C@@H](CCC(=O)O)C(=O)N1CCC[C@H]1C(=O)N[C@H](C(=O)N[C@@H](Cc1ccc(O)cc1)C(=O)N[C@@H](CO)C(=O)NCCCn1cc(CNC(=O)C2(O)C[C@@H](O)C(O)[C@H](O)C2)nn1)C(C)C. The number of amides is 10. The van der Waals surface area contributed by atoms with Crippen molar-refractivity contribution in [1.29, 1.82) is 0 Å². The smallest absolute Gasteiger partial charge is 0.303 e. The van der Waals surface area contributed by atoms with Crippen LogP contribution in [0.25, 0.3) is 0 Å². The number of unbranched alkanes of at least 4 members (excludes halogenated alkanes) is 1. The van der Waals surface area contributed by atoms with Crippen LogP contribution in [0.3, 0.4) is 0 Å². The minimum Gasteiger partial charge on any atom is -0.508 e. The summed E-state index contributed by atoms with van der Waals surface area (Å²) in [5.41, 5.74) is 4.35. The van der Waals surface area contributed by atoms with Gasteiger partial charge in [-0.05, 0) is 93.4 Å². The molecule has 0 spiro atoms. The number of benzene rings is 1. The van der Waals surface area contributed by atoms with Gasteiger partial charge in [-0.25, -0.2) is 0 Å². The molecule has 2 aromatic rings. The topological polar surface area (TPSA) is 498 Å². The number of phenols is 1. The van der Waals surface area contributed by atoms with E-state index in [-0.39, 0.29) is 94.5 Å². The van der Waals surface area contributed by atoms with Crippen LogP contribution < -0.4 is 53.6 Å². The Bertz CT molecular complexity index is 2810. The Labute approximate surface area is 534 Å². The Kier molecular flexibility index (Phi) is 30.7. The van der Waals surface area contributed by atoms with Crippen molar-refractivity contribution in [3.8, 4) is 5.75 Å². The van der Waals surface area contributed by atoms with Crippen molar-refractivity contribution >= 4 is 65.0 Å². The van der Waals surface area contributed by atoms with E-state index in [1.807, 2.05) is 20.8 Å². The highest BCUT2D eigenvalue weighted by molar-refractivity contribution is 5.98. The number of carboxylic acids is 1. The molecule has 1 aromatic carbocycles. The molecular weight excluding hydrogens is 1200 g/mol. The minimum atomic E-state index is -2.14. The molecule has 1 aliphatic heterocycles. The van der Waals surface area contributed by atoms with Crippen LogP contribution in [0.5, 0.6) is 5.75 Å². The zero-order valence-corrected chi connectivity index (χ0v) is 53.4. The van der Waals surface area contributed by atoms with Gasteiger partial charge in [-0.15, -0.1) is 5.10 Å². The van der Waals surface area contributed by atoms with Crippen molar-refractivity contribution in [1.82, 2.24) is 67.7 Å². The third-order valence-corrected chi connectivity index (χ3v) is 16.1. The first kappa shape index (κ1) is 76.5. The molecule has 0 unspecified atom stereocenters. The fourth-order valence-corrected chi connectivity index (χ4v) is 10.7. The van der Waals surface area contributed by atoms with Crippen molar-refractivity contribution in [3.63, 3.8) is 0 Å². The predicted molar refractivity (Wildman–Crippen MR) is 328 cm³/mol. The molecule has 10 amide bonds. The Balaban J connectivity index is 1.45. The summed E-state index contributed by atoms with van der Waals surface area (Å²) in [7, 11) is 0. The molecule has 0 bridgehead atoms. The molecule has 32 nitrogen and oxygen atoms in total. The summed E-state index contributed by atoms with van der Waals surface area (Å²) in [4.78, 5) is 151. The molecule has 11 atom stereocenters. The first-order valence-electron chi connectivity index (χ1n) is 31.3. The summed E-state index contributed by atoms with van der Waals surface area (Å²) in [6, 6.07) is -4.89. The number of phenolic OH excluding ortho intramolecular Hbond substituents is 1. The molecule has 1 aromatic heterocycles. The molecule has 1 saturated heterocycles. The van der Waals surface area contributed by atoms with Gasteiger partial charge >= 0.3 is 5.97 Å². The predicted octanol–water partition coefficient (Wildman–Crippen LogP) is -3.90. The van der Waals surface area contributed by atoms with Gasteiger partial charge in [0.1, 0.15) is 71.5 Å². The third-order valence-electron chi connectivity index (χ3n) is 16.1. The van der Waals surface area contributed by atoms with E-state index in [1.165, 1.54) is 47.0 Å². The van der Waals surface area contributed by atoms with Crippen LogP contribution in [0, 0.1) is 17.8 Å². The third kappa shape index (κ3) is 23.6. The number of aryl methyl sites for hydroxylation is 1. The molecule has 32 heteroatoms. The maximum absolute atomic E-state index is 14.6. The molecule has 0 radical (unpaired) electrons. The number of likely N-dealkylation sites (tertiary alicyclic amines) is 1. The van der Waals surface area contributed by atoms with Crippen molar-refractivity contribution < 1.29 is 88.5 Å². The molecular formula is C60H96N14O18. The van der Waals surface area contributed by atoms with Crippen LogP contribution in [0.1, 0.15) is 137 Å². The van der Waals surface area contributed by atoms with E-state index in [1.54, 1.807) is 20.8 Å². The van der Waals surface area contributed by atoms with Gasteiger partial charge < -0.3 is 94.2 Å². The number of carbonyl (C=O) groups is 11. The van der Waals surface area contributed by atoms with E-state index in [0.29, 0.717) is 24.8 Å². The number of hydrogen-bond donors (Lipinski definition) is 17. The van der Waals surface area contributed by atoms with Gasteiger partial charge in [0.25, 0.3) is 5.91 Å². The number of nitrogens with two attached hydrogens (primary N) is 1. The van der Waals surface area contributed by atoms with Crippen molar-refractivity contribution in [3.05, 3.63) is 41.7 Å². The van der Waals surface area contributed by atoms with E-state index in [2.05, 4.69) is 58.2 Å². The van der Waals surface area contributed by atoms with E-state index >= 15 is 0 Å². The maximum Gasteiger partial charge on any atom is 0.303 e.